The minimum atomic E-state index is -3.70. The average molecular weight is 1030 g/mol. The number of anilines is 2. The number of carbonyl (C=O) groups is 2. The predicted octanol–water partition coefficient (Wildman–Crippen LogP) is 2.00. The minimum Gasteiger partial charge on any atom is -0.550 e. The third kappa shape index (κ3) is 19.8. The second kappa shape index (κ2) is 26.9. The molecule has 0 spiro atoms. The quantitative estimate of drug-likeness (QED) is 0.0818. The Kier molecular flexibility index (Phi) is 23.5. The van der Waals surface area contributed by atoms with E-state index in [1.54, 1.807) is 27.7 Å². The molecule has 2 heterocycles. The fraction of sp³-hybridized carbons (Fsp3) is 0.409. The third-order valence-electron chi connectivity index (χ3n) is 9.33. The van der Waals surface area contributed by atoms with E-state index in [9.17, 15) is 65.8 Å². The van der Waals surface area contributed by atoms with Crippen molar-refractivity contribution in [2.75, 3.05) is 35.2 Å². The van der Waals surface area contributed by atoms with Gasteiger partial charge < -0.3 is 49.7 Å². The Morgan fingerprint density at radius 3 is 1.26 bits per heavy atom. The van der Waals surface area contributed by atoms with Gasteiger partial charge in [-0.15, -0.1) is 0 Å². The first kappa shape index (κ1) is 60.2. The molecule has 0 aliphatic rings. The number of aliphatic carboxylic acids is 2. The summed E-state index contributed by atoms with van der Waals surface area (Å²) in [5.74, 6) is -4.82. The van der Waals surface area contributed by atoms with E-state index in [-0.39, 0.29) is 97.6 Å². The fourth-order valence-corrected chi connectivity index (χ4v) is 6.56. The Morgan fingerprint density at radius 1 is 0.652 bits per heavy atom. The average Bonchev–Trinajstić information content (AvgIpc) is 3.20. The van der Waals surface area contributed by atoms with E-state index < -0.39 is 80.9 Å². The molecule has 0 amide bonds. The van der Waals surface area contributed by atoms with Crippen molar-refractivity contribution in [2.45, 2.75) is 89.6 Å². The van der Waals surface area contributed by atoms with E-state index in [0.717, 1.165) is 33.3 Å². The van der Waals surface area contributed by atoms with Gasteiger partial charge in [-0.1, -0.05) is 52.0 Å². The summed E-state index contributed by atoms with van der Waals surface area (Å²) in [6.45, 7) is 7.21. The van der Waals surface area contributed by atoms with Crippen LogP contribution in [0.2, 0.25) is 0 Å². The number of aliphatic hydroxyl groups is 4. The summed E-state index contributed by atoms with van der Waals surface area (Å²) in [6, 6.07) is 10.5. The summed E-state index contributed by atoms with van der Waals surface area (Å²) in [5.41, 5.74) is 1.34. The van der Waals surface area contributed by atoms with Crippen LogP contribution in [0.1, 0.15) is 87.7 Å². The molecular weight excluding hydrogens is 979 g/mol. The molecule has 0 saturated heterocycles. The van der Waals surface area contributed by atoms with E-state index in [4.69, 9.17) is 9.47 Å². The molecule has 0 aliphatic heterocycles. The van der Waals surface area contributed by atoms with Crippen LogP contribution in [0.3, 0.4) is 0 Å². The maximum atomic E-state index is 13.7. The van der Waals surface area contributed by atoms with Crippen LogP contribution in [0.5, 0.6) is 23.3 Å². The molecule has 0 radical (unpaired) electrons. The Hall–Kier alpha value is -4.92. The van der Waals surface area contributed by atoms with Gasteiger partial charge in [-0.3, -0.25) is 0 Å². The van der Waals surface area contributed by atoms with Gasteiger partial charge in [0.1, 0.15) is 23.1 Å². The molecule has 0 saturated carbocycles. The number of carbonyl (C=O) groups excluding carboxylic acids is 2. The van der Waals surface area contributed by atoms with Crippen molar-refractivity contribution in [3.63, 3.8) is 0 Å². The molecule has 4 rings (SSSR count). The van der Waals surface area contributed by atoms with Crippen LogP contribution < -0.4 is 28.3 Å². The Labute approximate surface area is 429 Å². The number of hydrogen-bond donors (Lipinski definition) is 4. The van der Waals surface area contributed by atoms with Gasteiger partial charge in [0, 0.05) is 63.8 Å². The number of halogens is 2. The van der Waals surface area contributed by atoms with E-state index >= 15 is 0 Å². The van der Waals surface area contributed by atoms with E-state index in [1.807, 2.05) is 0 Å². The van der Waals surface area contributed by atoms with Crippen LogP contribution in [-0.4, -0.2) is 158 Å². The van der Waals surface area contributed by atoms with Gasteiger partial charge >= 0.3 is 37.7 Å². The number of nitrogens with zero attached hydrogens (tertiary/aromatic N) is 6. The van der Waals surface area contributed by atoms with Crippen LogP contribution in [-0.2, 0) is 29.6 Å². The Balaban J connectivity index is 0.000000467. The monoisotopic (exact) mass is 1030 g/mol. The van der Waals surface area contributed by atoms with Crippen LogP contribution >= 0.6 is 0 Å². The smallest absolute Gasteiger partial charge is 0.550 e. The number of aromatic nitrogens is 4. The van der Waals surface area contributed by atoms with E-state index in [0.29, 0.717) is 22.5 Å². The van der Waals surface area contributed by atoms with E-state index in [1.165, 1.54) is 74.8 Å². The number of ether oxygens (including phenoxy) is 2. The molecule has 372 valence electrons. The first-order valence-corrected chi connectivity index (χ1v) is 24.3. The Morgan fingerprint density at radius 2 is 0.986 bits per heavy atom. The summed E-state index contributed by atoms with van der Waals surface area (Å²) in [4.78, 5) is 38.3. The number of hydrogen-bond acceptors (Lipinski definition) is 18. The number of rotatable bonds is 22. The molecule has 0 unspecified atom stereocenters. The van der Waals surface area contributed by atoms with Crippen LogP contribution in [0, 0.1) is 11.6 Å². The molecule has 2 aromatic heterocycles. The standard InChI is InChI=1S/2C22H28FN3O7S.Ca/c2*1-13(2)20-18(9-8-15(27)11-16(28)12-19(29)30)21(33-17-7-5-6-14(23)10-17)25-22(24-20)26(3)34(4,31)32;/h2*5-10,13,15-16,27-28H,11-12H2,1-4H3,(H,29,30);/q;;+2/p-2/b2*9-8+;/t2*15-,16-;/m11./s1. The molecule has 25 heteroatoms. The summed E-state index contributed by atoms with van der Waals surface area (Å²) in [5, 5.41) is 61.1. The summed E-state index contributed by atoms with van der Waals surface area (Å²) in [6.07, 6.45) is 0.508. The molecule has 69 heavy (non-hydrogen) atoms. The largest absolute Gasteiger partial charge is 2.00 e. The first-order valence-electron chi connectivity index (χ1n) is 20.6. The molecule has 4 N–H and O–H groups in total. The number of carboxylic acids is 2. The number of benzene rings is 2. The SMILES string of the molecule is CC(C)c1nc(N(C)S(C)(=O)=O)nc(Oc2cccc(F)c2)c1/C=C/[C@@H](O)C[C@@H](O)CC(=O)[O-].CC(C)c1nc(N(C)S(C)(=O)=O)nc(Oc2cccc(F)c2)c1/C=C/[C@@H](O)C[C@@H](O)CC(=O)[O-].[Ca+2]. The van der Waals surface area contributed by atoms with Gasteiger partial charge in [0.15, 0.2) is 0 Å². The molecular formula is C44H54CaF2N6O14S2. The normalized spacial score (nSPS) is 13.6. The van der Waals surface area contributed by atoms with Gasteiger partial charge in [-0.05, 0) is 48.3 Å². The number of carboxylic acid groups (broad SMARTS) is 2. The maximum Gasteiger partial charge on any atom is 2.00 e. The zero-order valence-electron chi connectivity index (χ0n) is 39.1. The van der Waals surface area contributed by atoms with Crippen molar-refractivity contribution in [3.8, 4) is 23.3 Å². The van der Waals surface area contributed by atoms with Gasteiger partial charge in [0.2, 0.25) is 43.7 Å². The number of aliphatic hydroxyl groups excluding tert-OH is 4. The van der Waals surface area contributed by atoms with Crippen LogP contribution in [0.15, 0.2) is 60.7 Å². The number of sulfonamides is 2. The van der Waals surface area contributed by atoms with Gasteiger partial charge in [-0.25, -0.2) is 44.2 Å². The predicted molar refractivity (Wildman–Crippen MR) is 248 cm³/mol. The zero-order valence-corrected chi connectivity index (χ0v) is 42.9. The van der Waals surface area contributed by atoms with Crippen molar-refractivity contribution in [1.29, 1.82) is 0 Å². The van der Waals surface area contributed by atoms with Crippen molar-refractivity contribution in [1.82, 2.24) is 19.9 Å². The molecule has 0 bridgehead atoms. The van der Waals surface area contributed by atoms with Crippen LogP contribution in [0.4, 0.5) is 20.7 Å². The zero-order chi connectivity index (χ0) is 51.3. The summed E-state index contributed by atoms with van der Waals surface area (Å²) >= 11 is 0. The molecule has 4 atom stereocenters. The van der Waals surface area contributed by atoms with Gasteiger partial charge in [0.25, 0.3) is 0 Å². The molecule has 0 fully saturated rings. The second-order valence-electron chi connectivity index (χ2n) is 15.9. The topological polar surface area (TPSA) is 306 Å². The molecule has 4 aromatic rings. The summed E-state index contributed by atoms with van der Waals surface area (Å²) in [7, 11) is -4.85. The minimum absolute atomic E-state index is 0. The van der Waals surface area contributed by atoms with Gasteiger partial charge in [0.05, 0.1) is 59.4 Å². The van der Waals surface area contributed by atoms with Gasteiger partial charge in [-0.2, -0.15) is 9.97 Å². The second-order valence-corrected chi connectivity index (χ2v) is 20.0. The molecule has 2 aromatic carbocycles. The summed E-state index contributed by atoms with van der Waals surface area (Å²) < 4.78 is 88.8. The van der Waals surface area contributed by atoms with E-state index in [2.05, 4.69) is 19.9 Å². The third-order valence-corrected chi connectivity index (χ3v) is 11.6. The van der Waals surface area contributed by atoms with Crippen molar-refractivity contribution >= 4 is 93.8 Å². The first-order chi connectivity index (χ1) is 31.5. The van der Waals surface area contributed by atoms with Crippen LogP contribution in [0.25, 0.3) is 12.2 Å². The van der Waals surface area contributed by atoms with Crippen molar-refractivity contribution < 1.29 is 75.3 Å². The molecule has 20 nitrogen and oxygen atoms in total. The van der Waals surface area contributed by atoms with Crippen molar-refractivity contribution in [3.05, 3.63) is 94.8 Å². The Bertz CT molecular complexity index is 2500. The molecule has 0 aliphatic carbocycles. The fourth-order valence-electron chi connectivity index (χ4n) is 5.80. The van der Waals surface area contributed by atoms with Crippen molar-refractivity contribution in [2.24, 2.45) is 0 Å². The maximum absolute atomic E-state index is 13.7.